The monoisotopic (exact) mass is 622 g/mol. The molecule has 0 radical (unpaired) electrons. The van der Waals surface area contributed by atoms with Gasteiger partial charge in [-0.25, -0.2) is 0 Å². The summed E-state index contributed by atoms with van der Waals surface area (Å²) in [5.74, 6) is 5.02. The molecule has 0 spiro atoms. The lowest BCUT2D eigenvalue weighted by Crippen LogP contribution is -2.53. The van der Waals surface area contributed by atoms with E-state index in [1.807, 2.05) is 0 Å². The fourth-order valence-corrected chi connectivity index (χ4v) is 12.1. The fraction of sp³-hybridized carbons (Fsp3) is 0.897. The van der Waals surface area contributed by atoms with Gasteiger partial charge in [-0.05, 0) is 125 Å². The van der Waals surface area contributed by atoms with Gasteiger partial charge in [-0.2, -0.15) is 0 Å². The Kier molecular flexibility index (Phi) is 8.94. The third-order valence-corrected chi connectivity index (χ3v) is 13.9. The molecule has 0 aromatic carbocycles. The molecule has 0 amide bonds. The second-order valence-corrected chi connectivity index (χ2v) is 16.7. The van der Waals surface area contributed by atoms with Crippen molar-refractivity contribution in [3.05, 3.63) is 23.3 Å². The Morgan fingerprint density at radius 2 is 1.31 bits per heavy atom. The number of allylic oxidation sites excluding steroid dienone is 2. The molecule has 3 aliphatic heterocycles. The zero-order valence-corrected chi connectivity index (χ0v) is 27.5. The van der Waals surface area contributed by atoms with Crippen molar-refractivity contribution in [2.24, 2.45) is 53.3 Å². The minimum atomic E-state index is -0.137. The summed E-state index contributed by atoms with van der Waals surface area (Å²) >= 11 is 0. The second kappa shape index (κ2) is 13.3. The Morgan fingerprint density at radius 1 is 0.533 bits per heavy atom. The van der Waals surface area contributed by atoms with E-state index in [4.69, 9.17) is 28.4 Å². The molecule has 12 unspecified atom stereocenters. The summed E-state index contributed by atoms with van der Waals surface area (Å²) in [5, 5.41) is 0. The molecule has 3 heterocycles. The van der Waals surface area contributed by atoms with Crippen LogP contribution in [0.15, 0.2) is 23.3 Å². The summed E-state index contributed by atoms with van der Waals surface area (Å²) in [4.78, 5) is 0. The predicted octanol–water partition coefficient (Wildman–Crippen LogP) is 7.95. The van der Waals surface area contributed by atoms with Crippen LogP contribution in [0.4, 0.5) is 0 Å². The lowest BCUT2D eigenvalue weighted by molar-refractivity contribution is -0.281. The van der Waals surface area contributed by atoms with Gasteiger partial charge in [-0.3, -0.25) is 0 Å². The van der Waals surface area contributed by atoms with Gasteiger partial charge in [0.2, 0.25) is 0 Å². The lowest BCUT2D eigenvalue weighted by Gasteiger charge is -2.52. The molecule has 4 saturated carbocycles. The summed E-state index contributed by atoms with van der Waals surface area (Å²) in [6.07, 6.45) is 26.7. The Balaban J connectivity index is 0.945. The third-order valence-electron chi connectivity index (χ3n) is 13.9. The summed E-state index contributed by atoms with van der Waals surface area (Å²) in [5.41, 5.74) is 3.30. The van der Waals surface area contributed by atoms with Gasteiger partial charge in [0, 0.05) is 31.0 Å². The van der Waals surface area contributed by atoms with Crippen LogP contribution in [0.2, 0.25) is 0 Å². The molecule has 13 atom stereocenters. The molecule has 0 N–H and O–H groups in total. The Morgan fingerprint density at radius 3 is 2.20 bits per heavy atom. The van der Waals surface area contributed by atoms with E-state index in [-0.39, 0.29) is 31.1 Å². The highest BCUT2D eigenvalue weighted by molar-refractivity contribution is 5.17. The first kappa shape index (κ1) is 30.3. The average molecular weight is 623 g/mol. The van der Waals surface area contributed by atoms with E-state index >= 15 is 0 Å². The molecule has 9 rings (SSSR count). The molecule has 7 fully saturated rings. The molecule has 6 heteroatoms. The van der Waals surface area contributed by atoms with Crippen molar-refractivity contribution in [3.8, 4) is 0 Å². The lowest BCUT2D eigenvalue weighted by atomic mass is 9.60. The van der Waals surface area contributed by atoms with Crippen molar-refractivity contribution < 1.29 is 28.4 Å². The van der Waals surface area contributed by atoms with Crippen LogP contribution < -0.4 is 0 Å². The highest BCUT2D eigenvalue weighted by Gasteiger charge is 2.53. The van der Waals surface area contributed by atoms with Crippen molar-refractivity contribution in [3.63, 3.8) is 0 Å². The molecular formula is C39H58O6. The maximum atomic E-state index is 7.29. The number of hydrogen-bond acceptors (Lipinski definition) is 6. The van der Waals surface area contributed by atoms with Gasteiger partial charge in [0.25, 0.3) is 0 Å². The zero-order valence-electron chi connectivity index (χ0n) is 27.5. The minimum absolute atomic E-state index is 0.0661. The predicted molar refractivity (Wildman–Crippen MR) is 171 cm³/mol. The first-order chi connectivity index (χ1) is 22.2. The smallest absolute Gasteiger partial charge is 0.164 e. The van der Waals surface area contributed by atoms with Crippen molar-refractivity contribution in [2.75, 3.05) is 26.4 Å². The van der Waals surface area contributed by atoms with Crippen LogP contribution in [-0.4, -0.2) is 57.5 Å². The van der Waals surface area contributed by atoms with Crippen LogP contribution in [0.5, 0.6) is 0 Å². The van der Waals surface area contributed by atoms with Gasteiger partial charge in [0.1, 0.15) is 0 Å². The average Bonchev–Trinajstić information content (AvgIpc) is 3.38. The quantitative estimate of drug-likeness (QED) is 0.290. The standard InChI is InChI=1S/C39H58O6/c1-2-14-41-38(40-13-1)31-21-26-8-4-10-28(17-26)35(31)33-12-15-42-39(44-33)32-22-27-9-5-11-29(18-27)36(32)34-23-43-37(45-34)30-19-24-6-3-7-25(16-24)20-30/h19,21,25,27-39H,1-18,20,22-23H2/t25?,27?,28?,29?,30?,31?,32-,33?,34?,35?,36?,37?,39?/m0/s1. The first-order valence-corrected chi connectivity index (χ1v) is 19.4. The minimum Gasteiger partial charge on any atom is -0.352 e. The number of hydrogen-bond donors (Lipinski definition) is 0. The summed E-state index contributed by atoms with van der Waals surface area (Å²) in [6.45, 7) is 3.17. The Labute approximate surface area is 271 Å². The van der Waals surface area contributed by atoms with Gasteiger partial charge in [0.15, 0.2) is 18.9 Å². The zero-order chi connectivity index (χ0) is 29.7. The number of rotatable bonds is 5. The molecule has 3 saturated heterocycles. The maximum absolute atomic E-state index is 7.29. The van der Waals surface area contributed by atoms with E-state index in [9.17, 15) is 0 Å². The number of ether oxygens (including phenoxy) is 6. The topological polar surface area (TPSA) is 55.4 Å². The summed E-state index contributed by atoms with van der Waals surface area (Å²) in [6, 6.07) is 0. The summed E-state index contributed by atoms with van der Waals surface area (Å²) in [7, 11) is 0. The van der Waals surface area contributed by atoms with Crippen LogP contribution in [0.25, 0.3) is 0 Å². The van der Waals surface area contributed by atoms with Gasteiger partial charge in [-0.15, -0.1) is 0 Å². The highest BCUT2D eigenvalue weighted by Crippen LogP contribution is 2.54. The van der Waals surface area contributed by atoms with E-state index in [1.54, 1.807) is 11.1 Å². The van der Waals surface area contributed by atoms with E-state index < -0.39 is 0 Å². The molecule has 6 aliphatic carbocycles. The Hall–Kier alpha value is -0.760. The van der Waals surface area contributed by atoms with Crippen LogP contribution in [0, 0.1) is 53.3 Å². The van der Waals surface area contributed by atoms with Crippen LogP contribution in [0.3, 0.4) is 0 Å². The van der Waals surface area contributed by atoms with Crippen molar-refractivity contribution in [2.45, 2.75) is 140 Å². The number of fused-ring (bicyclic) bond motifs is 6. The second-order valence-electron chi connectivity index (χ2n) is 16.7. The third kappa shape index (κ3) is 6.16. The highest BCUT2D eigenvalue weighted by atomic mass is 16.7. The first-order valence-electron chi connectivity index (χ1n) is 19.4. The Bertz CT molecular complexity index is 1100. The normalized spacial score (nSPS) is 49.1. The van der Waals surface area contributed by atoms with E-state index in [0.29, 0.717) is 41.4 Å². The molecule has 45 heavy (non-hydrogen) atoms. The molecule has 6 bridgehead atoms. The van der Waals surface area contributed by atoms with Crippen LogP contribution >= 0.6 is 0 Å². The van der Waals surface area contributed by atoms with E-state index in [1.165, 1.54) is 89.9 Å². The van der Waals surface area contributed by atoms with Crippen LogP contribution in [0.1, 0.15) is 109 Å². The molecular weight excluding hydrogens is 564 g/mol. The summed E-state index contributed by atoms with van der Waals surface area (Å²) < 4.78 is 40.4. The molecule has 250 valence electrons. The van der Waals surface area contributed by atoms with Crippen molar-refractivity contribution >= 4 is 0 Å². The van der Waals surface area contributed by atoms with Gasteiger partial charge in [0.05, 0.1) is 25.4 Å². The maximum Gasteiger partial charge on any atom is 0.164 e. The van der Waals surface area contributed by atoms with Gasteiger partial charge >= 0.3 is 0 Å². The van der Waals surface area contributed by atoms with Gasteiger partial charge < -0.3 is 28.4 Å². The molecule has 9 aliphatic rings. The SMILES string of the molecule is C1=C2CCCC(C2)CC1C1OCC(C2C3CCCC(C3)C[C@@H]2C2OCCC(C3C4CCCC(=CC3C3OCCCCO3)C4)O2)O1. The van der Waals surface area contributed by atoms with E-state index in [0.717, 1.165) is 57.5 Å². The fourth-order valence-electron chi connectivity index (χ4n) is 12.1. The van der Waals surface area contributed by atoms with Crippen LogP contribution in [-0.2, 0) is 28.4 Å². The van der Waals surface area contributed by atoms with Crippen molar-refractivity contribution in [1.29, 1.82) is 0 Å². The molecule has 0 aromatic rings. The van der Waals surface area contributed by atoms with Gasteiger partial charge in [-0.1, -0.05) is 42.6 Å². The molecule has 6 nitrogen and oxygen atoms in total. The largest absolute Gasteiger partial charge is 0.352 e. The van der Waals surface area contributed by atoms with Crippen molar-refractivity contribution in [1.82, 2.24) is 0 Å². The molecule has 0 aromatic heterocycles. The van der Waals surface area contributed by atoms with E-state index in [2.05, 4.69) is 12.2 Å².